The number of hydrogen-bond donors (Lipinski definition) is 1. The van der Waals surface area contributed by atoms with Gasteiger partial charge in [0.25, 0.3) is 0 Å². The lowest BCUT2D eigenvalue weighted by Gasteiger charge is -2.32. The van der Waals surface area contributed by atoms with Crippen LogP contribution in [0.1, 0.15) is 32.3 Å². The Labute approximate surface area is 123 Å². The summed E-state index contributed by atoms with van der Waals surface area (Å²) in [6.07, 6.45) is 2.47. The van der Waals surface area contributed by atoms with Crippen molar-refractivity contribution in [1.82, 2.24) is 10.2 Å². The van der Waals surface area contributed by atoms with Gasteiger partial charge in [0.05, 0.1) is 7.11 Å². The van der Waals surface area contributed by atoms with Crippen LogP contribution < -0.4 is 10.1 Å². The minimum absolute atomic E-state index is 0.672. The van der Waals surface area contributed by atoms with Crippen LogP contribution in [0.4, 0.5) is 0 Å². The summed E-state index contributed by atoms with van der Waals surface area (Å²) in [4.78, 5) is 2.59. The van der Waals surface area contributed by atoms with Crippen LogP contribution in [0.25, 0.3) is 0 Å². The highest BCUT2D eigenvalue weighted by atomic mass is 16.5. The van der Waals surface area contributed by atoms with Gasteiger partial charge >= 0.3 is 0 Å². The molecule has 0 aromatic heterocycles. The molecule has 2 atom stereocenters. The molecule has 20 heavy (non-hydrogen) atoms. The van der Waals surface area contributed by atoms with Crippen LogP contribution >= 0.6 is 0 Å². The van der Waals surface area contributed by atoms with E-state index in [0.29, 0.717) is 12.0 Å². The topological polar surface area (TPSA) is 24.5 Å². The molecule has 1 saturated heterocycles. The molecule has 0 amide bonds. The average molecular weight is 276 g/mol. The molecule has 1 fully saturated rings. The summed E-state index contributed by atoms with van der Waals surface area (Å²) in [6, 6.07) is 9.11. The quantitative estimate of drug-likeness (QED) is 0.915. The molecule has 1 aromatic rings. The number of methoxy groups -OCH3 is 1. The van der Waals surface area contributed by atoms with Gasteiger partial charge in [-0.1, -0.05) is 26.0 Å². The number of ether oxygens (including phenoxy) is 1. The largest absolute Gasteiger partial charge is 0.497 e. The Hall–Kier alpha value is -1.06. The van der Waals surface area contributed by atoms with Gasteiger partial charge in [-0.3, -0.25) is 4.90 Å². The molecule has 2 rings (SSSR count). The molecule has 2 unspecified atom stereocenters. The zero-order valence-corrected chi connectivity index (χ0v) is 13.1. The monoisotopic (exact) mass is 276 g/mol. The number of rotatable bonds is 4. The zero-order valence-electron chi connectivity index (χ0n) is 13.1. The van der Waals surface area contributed by atoms with E-state index in [1.165, 1.54) is 31.5 Å². The molecule has 3 heteroatoms. The Kier molecular flexibility index (Phi) is 5.86. The van der Waals surface area contributed by atoms with Gasteiger partial charge in [-0.2, -0.15) is 0 Å². The maximum Gasteiger partial charge on any atom is 0.119 e. The van der Waals surface area contributed by atoms with Crippen LogP contribution in [0.15, 0.2) is 24.3 Å². The van der Waals surface area contributed by atoms with Crippen LogP contribution in [0, 0.1) is 5.92 Å². The van der Waals surface area contributed by atoms with Crippen LogP contribution in [-0.2, 0) is 6.54 Å². The normalized spacial score (nSPS) is 24.9. The second-order valence-corrected chi connectivity index (χ2v) is 5.99. The van der Waals surface area contributed by atoms with Gasteiger partial charge in [0.1, 0.15) is 5.75 Å². The van der Waals surface area contributed by atoms with Crippen molar-refractivity contribution in [2.45, 2.75) is 39.3 Å². The van der Waals surface area contributed by atoms with E-state index in [1.807, 2.05) is 6.07 Å². The molecule has 1 N–H and O–H groups in total. The molecule has 112 valence electrons. The Bertz CT molecular complexity index is 408. The first-order chi connectivity index (χ1) is 9.71. The fraction of sp³-hybridized carbons (Fsp3) is 0.647. The van der Waals surface area contributed by atoms with E-state index < -0.39 is 0 Å². The van der Waals surface area contributed by atoms with Crippen molar-refractivity contribution < 1.29 is 4.74 Å². The van der Waals surface area contributed by atoms with E-state index in [2.05, 4.69) is 42.3 Å². The molecule has 1 aliphatic heterocycles. The lowest BCUT2D eigenvalue weighted by atomic mass is 10.0. The first-order valence-corrected chi connectivity index (χ1v) is 7.80. The molecule has 0 spiro atoms. The third-order valence-corrected chi connectivity index (χ3v) is 4.15. The predicted molar refractivity (Wildman–Crippen MR) is 84.1 cm³/mol. The lowest BCUT2D eigenvalue weighted by Crippen LogP contribution is -2.43. The molecule has 0 bridgehead atoms. The average Bonchev–Trinajstić information content (AvgIpc) is 2.45. The second-order valence-electron chi connectivity index (χ2n) is 5.99. The van der Waals surface area contributed by atoms with Crippen molar-refractivity contribution in [1.29, 1.82) is 0 Å². The van der Waals surface area contributed by atoms with Crippen LogP contribution in [0.2, 0.25) is 0 Å². The molecule has 1 heterocycles. The van der Waals surface area contributed by atoms with Crippen LogP contribution in [-0.4, -0.2) is 37.7 Å². The number of nitrogens with zero attached hydrogens (tertiary/aromatic N) is 1. The van der Waals surface area contributed by atoms with E-state index in [-0.39, 0.29) is 0 Å². The van der Waals surface area contributed by atoms with E-state index in [4.69, 9.17) is 4.74 Å². The zero-order chi connectivity index (χ0) is 14.4. The highest BCUT2D eigenvalue weighted by Gasteiger charge is 2.17. The fourth-order valence-electron chi connectivity index (χ4n) is 2.93. The van der Waals surface area contributed by atoms with Gasteiger partial charge in [-0.25, -0.2) is 0 Å². The summed E-state index contributed by atoms with van der Waals surface area (Å²) in [5, 5.41) is 3.68. The first kappa shape index (κ1) is 15.3. The summed E-state index contributed by atoms with van der Waals surface area (Å²) < 4.78 is 5.32. The van der Waals surface area contributed by atoms with Crippen molar-refractivity contribution in [3.63, 3.8) is 0 Å². The summed E-state index contributed by atoms with van der Waals surface area (Å²) >= 11 is 0. The van der Waals surface area contributed by atoms with Crippen molar-refractivity contribution in [2.24, 2.45) is 5.92 Å². The maximum absolute atomic E-state index is 5.32. The Balaban J connectivity index is 1.98. The van der Waals surface area contributed by atoms with Gasteiger partial charge in [0.2, 0.25) is 0 Å². The standard InChI is InChI=1S/C17H28N2O/c1-4-16-8-9-19(12-14(2)11-18-16)13-15-6-5-7-17(10-15)20-3/h5-7,10,14,16,18H,4,8-9,11-13H2,1-3H3. The molecule has 1 aliphatic rings. The van der Waals surface area contributed by atoms with E-state index >= 15 is 0 Å². The Morgan fingerprint density at radius 2 is 2.25 bits per heavy atom. The van der Waals surface area contributed by atoms with E-state index in [1.54, 1.807) is 7.11 Å². The summed E-state index contributed by atoms with van der Waals surface area (Å²) in [5.74, 6) is 1.66. The molecule has 0 aliphatic carbocycles. The van der Waals surface area contributed by atoms with Crippen molar-refractivity contribution in [3.8, 4) is 5.75 Å². The van der Waals surface area contributed by atoms with E-state index in [0.717, 1.165) is 18.8 Å². The first-order valence-electron chi connectivity index (χ1n) is 7.80. The highest BCUT2D eigenvalue weighted by molar-refractivity contribution is 5.28. The third kappa shape index (κ3) is 4.50. The van der Waals surface area contributed by atoms with E-state index in [9.17, 15) is 0 Å². The molecular weight excluding hydrogens is 248 g/mol. The molecule has 0 saturated carbocycles. The lowest BCUT2D eigenvalue weighted by molar-refractivity contribution is 0.190. The van der Waals surface area contributed by atoms with Gasteiger partial charge in [0, 0.05) is 19.1 Å². The molecule has 3 nitrogen and oxygen atoms in total. The Morgan fingerprint density at radius 3 is 3.00 bits per heavy atom. The van der Waals surface area contributed by atoms with Gasteiger partial charge in [-0.15, -0.1) is 0 Å². The van der Waals surface area contributed by atoms with Crippen molar-refractivity contribution >= 4 is 0 Å². The third-order valence-electron chi connectivity index (χ3n) is 4.15. The molecular formula is C17H28N2O. The molecule has 1 aromatic carbocycles. The van der Waals surface area contributed by atoms with Crippen molar-refractivity contribution in [2.75, 3.05) is 26.7 Å². The van der Waals surface area contributed by atoms with Gasteiger partial charge < -0.3 is 10.1 Å². The smallest absolute Gasteiger partial charge is 0.119 e. The minimum Gasteiger partial charge on any atom is -0.497 e. The minimum atomic E-state index is 0.672. The SMILES string of the molecule is CCC1CCN(Cc2cccc(OC)c2)CC(C)CN1. The van der Waals surface area contributed by atoms with Gasteiger partial charge in [0.15, 0.2) is 0 Å². The van der Waals surface area contributed by atoms with Gasteiger partial charge in [-0.05, 0) is 49.5 Å². The summed E-state index contributed by atoms with van der Waals surface area (Å²) in [6.45, 7) is 9.11. The number of hydrogen-bond acceptors (Lipinski definition) is 3. The predicted octanol–water partition coefficient (Wildman–Crippen LogP) is 2.91. The Morgan fingerprint density at radius 1 is 1.40 bits per heavy atom. The number of nitrogens with one attached hydrogen (secondary N) is 1. The fourth-order valence-corrected chi connectivity index (χ4v) is 2.93. The van der Waals surface area contributed by atoms with Crippen molar-refractivity contribution in [3.05, 3.63) is 29.8 Å². The number of benzene rings is 1. The van der Waals surface area contributed by atoms with Crippen LogP contribution in [0.3, 0.4) is 0 Å². The van der Waals surface area contributed by atoms with Crippen LogP contribution in [0.5, 0.6) is 5.75 Å². The summed E-state index contributed by atoms with van der Waals surface area (Å²) in [7, 11) is 1.73. The maximum atomic E-state index is 5.32. The summed E-state index contributed by atoms with van der Waals surface area (Å²) in [5.41, 5.74) is 1.35. The molecule has 0 radical (unpaired) electrons. The second kappa shape index (κ2) is 7.65. The highest BCUT2D eigenvalue weighted by Crippen LogP contribution is 2.16.